The number of rotatable bonds is 2. The van der Waals surface area contributed by atoms with E-state index in [0.717, 1.165) is 15.7 Å². The SMILES string of the molecule is O[C@@H](c1ccccc1)c1ccc(Br)nc1. The van der Waals surface area contributed by atoms with Crippen LogP contribution in [-0.2, 0) is 0 Å². The molecule has 3 heteroatoms. The van der Waals surface area contributed by atoms with Crippen LogP contribution in [-0.4, -0.2) is 10.1 Å². The molecule has 0 bridgehead atoms. The third-order valence-corrected chi connectivity index (χ3v) is 2.65. The highest BCUT2D eigenvalue weighted by Gasteiger charge is 2.09. The highest BCUT2D eigenvalue weighted by molar-refractivity contribution is 9.10. The molecule has 0 amide bonds. The predicted molar refractivity (Wildman–Crippen MR) is 62.4 cm³/mol. The van der Waals surface area contributed by atoms with Crippen LogP contribution in [0.25, 0.3) is 0 Å². The van der Waals surface area contributed by atoms with Gasteiger partial charge in [-0.3, -0.25) is 0 Å². The Morgan fingerprint density at radius 1 is 1.00 bits per heavy atom. The van der Waals surface area contributed by atoms with Crippen LogP contribution in [0.15, 0.2) is 53.3 Å². The van der Waals surface area contributed by atoms with Crippen LogP contribution in [0.4, 0.5) is 0 Å². The van der Waals surface area contributed by atoms with Crippen molar-refractivity contribution < 1.29 is 5.11 Å². The smallest absolute Gasteiger partial charge is 0.106 e. The monoisotopic (exact) mass is 263 g/mol. The van der Waals surface area contributed by atoms with Crippen LogP contribution in [0.3, 0.4) is 0 Å². The molecule has 2 nitrogen and oxygen atoms in total. The van der Waals surface area contributed by atoms with E-state index in [1.165, 1.54) is 0 Å². The van der Waals surface area contributed by atoms with Gasteiger partial charge < -0.3 is 5.11 Å². The average Bonchev–Trinajstić information content (AvgIpc) is 2.30. The van der Waals surface area contributed by atoms with E-state index in [2.05, 4.69) is 20.9 Å². The Kier molecular flexibility index (Phi) is 3.14. The molecule has 15 heavy (non-hydrogen) atoms. The summed E-state index contributed by atoms with van der Waals surface area (Å²) in [6.07, 6.45) is 1.06. The van der Waals surface area contributed by atoms with E-state index in [4.69, 9.17) is 0 Å². The lowest BCUT2D eigenvalue weighted by atomic mass is 10.0. The number of benzene rings is 1. The van der Waals surface area contributed by atoms with Gasteiger partial charge in [0.15, 0.2) is 0 Å². The van der Waals surface area contributed by atoms with Crippen molar-refractivity contribution in [1.29, 1.82) is 0 Å². The lowest BCUT2D eigenvalue weighted by Crippen LogP contribution is -1.99. The van der Waals surface area contributed by atoms with Gasteiger partial charge in [-0.05, 0) is 27.6 Å². The fraction of sp³-hybridized carbons (Fsp3) is 0.0833. The van der Waals surface area contributed by atoms with Crippen LogP contribution < -0.4 is 0 Å². The molecule has 0 unspecified atom stereocenters. The first-order valence-electron chi connectivity index (χ1n) is 4.62. The molecular weight excluding hydrogens is 254 g/mol. The molecule has 0 aliphatic rings. The van der Waals surface area contributed by atoms with Crippen molar-refractivity contribution in [2.45, 2.75) is 6.10 Å². The largest absolute Gasteiger partial charge is 0.384 e. The minimum atomic E-state index is -0.605. The summed E-state index contributed by atoms with van der Waals surface area (Å²) in [5.74, 6) is 0. The molecular formula is C12H10BrNO. The fourth-order valence-electron chi connectivity index (χ4n) is 1.38. The van der Waals surface area contributed by atoms with Gasteiger partial charge in [-0.15, -0.1) is 0 Å². The summed E-state index contributed by atoms with van der Waals surface area (Å²) in [5, 5.41) is 10.0. The minimum absolute atomic E-state index is 0.605. The standard InChI is InChI=1S/C12H10BrNO/c13-11-7-6-10(8-14-11)12(15)9-4-2-1-3-5-9/h1-8,12,15H/t12-/m0/s1. The fourth-order valence-corrected chi connectivity index (χ4v) is 1.61. The first-order chi connectivity index (χ1) is 7.27. The van der Waals surface area contributed by atoms with Crippen molar-refractivity contribution in [3.8, 4) is 0 Å². The number of nitrogens with zero attached hydrogens (tertiary/aromatic N) is 1. The van der Waals surface area contributed by atoms with Crippen LogP contribution in [0.5, 0.6) is 0 Å². The number of hydrogen-bond donors (Lipinski definition) is 1. The maximum absolute atomic E-state index is 10.0. The van der Waals surface area contributed by atoms with E-state index in [9.17, 15) is 5.11 Å². The average molecular weight is 264 g/mol. The zero-order chi connectivity index (χ0) is 10.7. The van der Waals surface area contributed by atoms with Gasteiger partial charge in [0.25, 0.3) is 0 Å². The summed E-state index contributed by atoms with van der Waals surface area (Å²) < 4.78 is 0.770. The molecule has 1 aromatic carbocycles. The molecule has 0 aliphatic carbocycles. The molecule has 0 saturated heterocycles. The van der Waals surface area contributed by atoms with E-state index >= 15 is 0 Å². The molecule has 1 N–H and O–H groups in total. The molecule has 1 atom stereocenters. The minimum Gasteiger partial charge on any atom is -0.384 e. The molecule has 0 aliphatic heterocycles. The molecule has 0 spiro atoms. The van der Waals surface area contributed by atoms with Gasteiger partial charge in [0.05, 0.1) is 0 Å². The summed E-state index contributed by atoms with van der Waals surface area (Å²) in [4.78, 5) is 4.08. The molecule has 2 aromatic rings. The van der Waals surface area contributed by atoms with Gasteiger partial charge >= 0.3 is 0 Å². The van der Waals surface area contributed by atoms with Gasteiger partial charge in [-0.25, -0.2) is 4.98 Å². The Morgan fingerprint density at radius 2 is 1.73 bits per heavy atom. The Morgan fingerprint density at radius 3 is 2.33 bits per heavy atom. The first-order valence-corrected chi connectivity index (χ1v) is 5.41. The Bertz CT molecular complexity index is 427. The van der Waals surface area contributed by atoms with Gasteiger partial charge in [-0.2, -0.15) is 0 Å². The third kappa shape index (κ3) is 2.43. The lowest BCUT2D eigenvalue weighted by Gasteiger charge is -2.10. The van der Waals surface area contributed by atoms with Crippen molar-refractivity contribution in [2.24, 2.45) is 0 Å². The topological polar surface area (TPSA) is 33.1 Å². The van der Waals surface area contributed by atoms with E-state index in [1.54, 1.807) is 6.20 Å². The van der Waals surface area contributed by atoms with E-state index in [1.807, 2.05) is 42.5 Å². The second-order valence-electron chi connectivity index (χ2n) is 3.23. The number of hydrogen-bond acceptors (Lipinski definition) is 2. The van der Waals surface area contributed by atoms with E-state index in [0.29, 0.717) is 0 Å². The van der Waals surface area contributed by atoms with E-state index < -0.39 is 6.10 Å². The zero-order valence-electron chi connectivity index (χ0n) is 7.97. The summed E-state index contributed by atoms with van der Waals surface area (Å²) in [5.41, 5.74) is 1.67. The quantitative estimate of drug-likeness (QED) is 0.846. The molecule has 0 fully saturated rings. The molecule has 0 radical (unpaired) electrons. The molecule has 0 saturated carbocycles. The Hall–Kier alpha value is -1.19. The van der Waals surface area contributed by atoms with Crippen molar-refractivity contribution in [3.63, 3.8) is 0 Å². The van der Waals surface area contributed by atoms with Gasteiger partial charge in [-0.1, -0.05) is 36.4 Å². The van der Waals surface area contributed by atoms with Crippen molar-refractivity contribution >= 4 is 15.9 Å². The highest BCUT2D eigenvalue weighted by Crippen LogP contribution is 2.21. The zero-order valence-corrected chi connectivity index (χ0v) is 9.55. The second kappa shape index (κ2) is 4.55. The number of aromatic nitrogens is 1. The molecule has 2 rings (SSSR count). The van der Waals surface area contributed by atoms with Crippen LogP contribution in [0, 0.1) is 0 Å². The van der Waals surface area contributed by atoms with Crippen molar-refractivity contribution in [2.75, 3.05) is 0 Å². The molecule has 1 heterocycles. The Labute approximate surface area is 96.7 Å². The van der Waals surface area contributed by atoms with Crippen LogP contribution >= 0.6 is 15.9 Å². The normalized spacial score (nSPS) is 12.4. The number of halogens is 1. The van der Waals surface area contributed by atoms with Crippen molar-refractivity contribution in [1.82, 2.24) is 4.98 Å². The summed E-state index contributed by atoms with van der Waals surface area (Å²) in [6, 6.07) is 13.2. The lowest BCUT2D eigenvalue weighted by molar-refractivity contribution is 0.220. The molecule has 1 aromatic heterocycles. The number of aliphatic hydroxyl groups is 1. The molecule has 76 valence electrons. The van der Waals surface area contributed by atoms with E-state index in [-0.39, 0.29) is 0 Å². The maximum atomic E-state index is 10.0. The Balaban J connectivity index is 2.29. The second-order valence-corrected chi connectivity index (χ2v) is 4.04. The summed E-state index contributed by atoms with van der Waals surface area (Å²) in [6.45, 7) is 0. The van der Waals surface area contributed by atoms with Crippen LogP contribution in [0.1, 0.15) is 17.2 Å². The predicted octanol–water partition coefficient (Wildman–Crippen LogP) is 2.93. The van der Waals surface area contributed by atoms with Gasteiger partial charge in [0, 0.05) is 11.8 Å². The van der Waals surface area contributed by atoms with Crippen molar-refractivity contribution in [3.05, 3.63) is 64.4 Å². The highest BCUT2D eigenvalue weighted by atomic mass is 79.9. The summed E-state index contributed by atoms with van der Waals surface area (Å²) in [7, 11) is 0. The maximum Gasteiger partial charge on any atom is 0.106 e. The van der Waals surface area contributed by atoms with Gasteiger partial charge in [0.1, 0.15) is 10.7 Å². The number of aliphatic hydroxyl groups excluding tert-OH is 1. The summed E-state index contributed by atoms with van der Waals surface area (Å²) >= 11 is 3.26. The third-order valence-electron chi connectivity index (χ3n) is 2.18. The van der Waals surface area contributed by atoms with Crippen LogP contribution in [0.2, 0.25) is 0 Å². The number of pyridine rings is 1. The first kappa shape index (κ1) is 10.3. The van der Waals surface area contributed by atoms with Gasteiger partial charge in [0.2, 0.25) is 0 Å².